The van der Waals surface area contributed by atoms with Crippen LogP contribution in [0, 0.1) is 6.92 Å². The molecule has 2 aliphatic rings. The van der Waals surface area contributed by atoms with E-state index in [9.17, 15) is 0 Å². The van der Waals surface area contributed by atoms with Crippen molar-refractivity contribution in [1.29, 1.82) is 0 Å². The Balaban J connectivity index is 1.66. The number of epoxide rings is 2. The highest BCUT2D eigenvalue weighted by atomic mass is 16.6. The highest BCUT2D eigenvalue weighted by Gasteiger charge is 2.26. The van der Waals surface area contributed by atoms with E-state index >= 15 is 0 Å². The summed E-state index contributed by atoms with van der Waals surface area (Å²) in [6.45, 7) is 4.82. The maximum Gasteiger partial charge on any atom is 0.164 e. The summed E-state index contributed by atoms with van der Waals surface area (Å²) in [5.41, 5.74) is 1.08. The molecule has 1 aromatic carbocycles. The Hall–Kier alpha value is -1.26. The lowest BCUT2D eigenvalue weighted by Crippen LogP contribution is -2.09. The summed E-state index contributed by atoms with van der Waals surface area (Å²) in [6.07, 6.45) is 0.518. The molecule has 2 saturated heterocycles. The van der Waals surface area contributed by atoms with Crippen molar-refractivity contribution in [3.63, 3.8) is 0 Å². The summed E-state index contributed by atoms with van der Waals surface area (Å²) >= 11 is 0. The molecule has 0 N–H and O–H groups in total. The second-order valence-electron chi connectivity index (χ2n) is 4.43. The number of para-hydroxylation sites is 1. The zero-order valence-electron chi connectivity index (χ0n) is 9.85. The summed E-state index contributed by atoms with van der Waals surface area (Å²) in [4.78, 5) is 0. The third-order valence-electron chi connectivity index (χ3n) is 2.82. The van der Waals surface area contributed by atoms with E-state index in [1.165, 1.54) is 0 Å². The van der Waals surface area contributed by atoms with E-state index in [-0.39, 0.29) is 12.2 Å². The van der Waals surface area contributed by atoms with Crippen LogP contribution < -0.4 is 9.47 Å². The van der Waals surface area contributed by atoms with Crippen molar-refractivity contribution >= 4 is 0 Å². The normalized spacial score (nSPS) is 25.5. The van der Waals surface area contributed by atoms with Crippen LogP contribution in [-0.2, 0) is 9.47 Å². The zero-order chi connectivity index (χ0) is 11.7. The van der Waals surface area contributed by atoms with Gasteiger partial charge in [-0.05, 0) is 18.6 Å². The fraction of sp³-hybridized carbons (Fsp3) is 0.538. The summed E-state index contributed by atoms with van der Waals surface area (Å²) in [7, 11) is 0. The van der Waals surface area contributed by atoms with Crippen molar-refractivity contribution in [2.24, 2.45) is 0 Å². The van der Waals surface area contributed by atoms with Crippen LogP contribution in [0.5, 0.6) is 11.5 Å². The third-order valence-corrected chi connectivity index (χ3v) is 2.82. The van der Waals surface area contributed by atoms with Crippen molar-refractivity contribution in [2.45, 2.75) is 19.1 Å². The number of hydrogen-bond acceptors (Lipinski definition) is 4. The first-order valence-corrected chi connectivity index (χ1v) is 5.91. The predicted molar refractivity (Wildman–Crippen MR) is 61.6 cm³/mol. The summed E-state index contributed by atoms with van der Waals surface area (Å²) in [5.74, 6) is 1.62. The molecule has 2 aliphatic heterocycles. The maximum absolute atomic E-state index is 5.75. The minimum atomic E-state index is 0.259. The van der Waals surface area contributed by atoms with Crippen LogP contribution >= 0.6 is 0 Å². The Morgan fingerprint density at radius 1 is 1.12 bits per heavy atom. The Morgan fingerprint density at radius 3 is 2.41 bits per heavy atom. The van der Waals surface area contributed by atoms with Crippen LogP contribution in [0.1, 0.15) is 5.56 Å². The lowest BCUT2D eigenvalue weighted by atomic mass is 10.2. The SMILES string of the molecule is Cc1cccc(OCC2CO2)c1OCC1CO1. The Morgan fingerprint density at radius 2 is 1.76 bits per heavy atom. The van der Waals surface area contributed by atoms with Crippen molar-refractivity contribution in [1.82, 2.24) is 0 Å². The lowest BCUT2D eigenvalue weighted by Gasteiger charge is -2.13. The van der Waals surface area contributed by atoms with Crippen LogP contribution in [0.2, 0.25) is 0 Å². The largest absolute Gasteiger partial charge is 0.487 e. The average Bonchev–Trinajstić information content (AvgIpc) is 3.18. The van der Waals surface area contributed by atoms with Gasteiger partial charge in [-0.2, -0.15) is 0 Å². The maximum atomic E-state index is 5.75. The first-order chi connectivity index (χ1) is 8.33. The molecule has 0 bridgehead atoms. The van der Waals surface area contributed by atoms with E-state index in [1.807, 2.05) is 25.1 Å². The molecule has 0 aliphatic carbocycles. The number of rotatable bonds is 6. The van der Waals surface area contributed by atoms with Crippen molar-refractivity contribution in [2.75, 3.05) is 26.4 Å². The van der Waals surface area contributed by atoms with Gasteiger partial charge in [-0.15, -0.1) is 0 Å². The number of ether oxygens (including phenoxy) is 4. The van der Waals surface area contributed by atoms with Gasteiger partial charge in [0.05, 0.1) is 13.2 Å². The number of hydrogen-bond donors (Lipinski definition) is 0. The van der Waals surface area contributed by atoms with Gasteiger partial charge in [-0.3, -0.25) is 0 Å². The van der Waals surface area contributed by atoms with Gasteiger partial charge in [-0.25, -0.2) is 0 Å². The molecule has 1 aromatic rings. The molecule has 0 amide bonds. The predicted octanol–water partition coefficient (Wildman–Crippen LogP) is 1.55. The van der Waals surface area contributed by atoms with Gasteiger partial charge in [0.25, 0.3) is 0 Å². The molecule has 2 atom stereocenters. The molecule has 3 rings (SSSR count). The quantitative estimate of drug-likeness (QED) is 0.703. The van der Waals surface area contributed by atoms with E-state index in [0.717, 1.165) is 30.3 Å². The molecule has 92 valence electrons. The van der Waals surface area contributed by atoms with E-state index in [2.05, 4.69) is 0 Å². The van der Waals surface area contributed by atoms with Gasteiger partial charge < -0.3 is 18.9 Å². The molecular weight excluding hydrogens is 220 g/mol. The Kier molecular flexibility index (Phi) is 2.91. The highest BCUT2D eigenvalue weighted by Crippen LogP contribution is 2.32. The molecule has 2 fully saturated rings. The summed E-state index contributed by atoms with van der Waals surface area (Å²) in [6, 6.07) is 5.92. The smallest absolute Gasteiger partial charge is 0.164 e. The average molecular weight is 236 g/mol. The molecule has 2 unspecified atom stereocenters. The van der Waals surface area contributed by atoms with Gasteiger partial charge in [0.2, 0.25) is 0 Å². The standard InChI is InChI=1S/C13H16O4/c1-9-3-2-4-12(16-7-10-5-14-10)13(9)17-8-11-6-15-11/h2-4,10-11H,5-8H2,1H3. The van der Waals surface area contributed by atoms with Crippen LogP contribution in [-0.4, -0.2) is 38.6 Å². The van der Waals surface area contributed by atoms with Crippen LogP contribution in [0.15, 0.2) is 18.2 Å². The monoisotopic (exact) mass is 236 g/mol. The van der Waals surface area contributed by atoms with E-state index < -0.39 is 0 Å². The number of aryl methyl sites for hydroxylation is 1. The molecule has 17 heavy (non-hydrogen) atoms. The molecule has 4 nitrogen and oxygen atoms in total. The molecule has 2 heterocycles. The molecule has 4 heteroatoms. The zero-order valence-corrected chi connectivity index (χ0v) is 9.85. The summed E-state index contributed by atoms with van der Waals surface area (Å²) in [5, 5.41) is 0. The molecule has 0 aromatic heterocycles. The van der Waals surface area contributed by atoms with Gasteiger partial charge in [0, 0.05) is 0 Å². The molecule has 0 radical (unpaired) electrons. The Bertz CT molecular complexity index is 396. The molecular formula is C13H16O4. The van der Waals surface area contributed by atoms with Gasteiger partial charge in [0.1, 0.15) is 25.4 Å². The third kappa shape index (κ3) is 2.90. The molecule has 0 spiro atoms. The van der Waals surface area contributed by atoms with Crippen molar-refractivity contribution in [3.05, 3.63) is 23.8 Å². The number of benzene rings is 1. The second-order valence-corrected chi connectivity index (χ2v) is 4.43. The second kappa shape index (κ2) is 4.55. The van der Waals surface area contributed by atoms with Crippen molar-refractivity contribution < 1.29 is 18.9 Å². The first kappa shape index (κ1) is 10.9. The first-order valence-electron chi connectivity index (χ1n) is 5.91. The van der Waals surface area contributed by atoms with Crippen LogP contribution in [0.25, 0.3) is 0 Å². The van der Waals surface area contributed by atoms with E-state index in [4.69, 9.17) is 18.9 Å². The van der Waals surface area contributed by atoms with Gasteiger partial charge in [0.15, 0.2) is 11.5 Å². The topological polar surface area (TPSA) is 43.5 Å². The van der Waals surface area contributed by atoms with E-state index in [1.54, 1.807) is 0 Å². The van der Waals surface area contributed by atoms with Crippen LogP contribution in [0.4, 0.5) is 0 Å². The highest BCUT2D eigenvalue weighted by molar-refractivity contribution is 5.46. The fourth-order valence-electron chi connectivity index (χ4n) is 1.61. The Labute approximate surface area is 100 Å². The van der Waals surface area contributed by atoms with Gasteiger partial charge >= 0.3 is 0 Å². The summed E-state index contributed by atoms with van der Waals surface area (Å²) < 4.78 is 21.7. The minimum absolute atomic E-state index is 0.259. The minimum Gasteiger partial charge on any atom is -0.487 e. The molecule has 0 saturated carbocycles. The lowest BCUT2D eigenvalue weighted by molar-refractivity contribution is 0.227. The van der Waals surface area contributed by atoms with E-state index in [0.29, 0.717) is 13.2 Å². The fourth-order valence-corrected chi connectivity index (χ4v) is 1.61. The van der Waals surface area contributed by atoms with Gasteiger partial charge in [-0.1, -0.05) is 12.1 Å². The van der Waals surface area contributed by atoms with Crippen molar-refractivity contribution in [3.8, 4) is 11.5 Å². The van der Waals surface area contributed by atoms with Crippen LogP contribution in [0.3, 0.4) is 0 Å².